The molecule has 0 aliphatic carbocycles. The number of benzene rings is 1. The smallest absolute Gasteiger partial charge is 0.128 e. The van der Waals surface area contributed by atoms with E-state index in [1.54, 1.807) is 18.3 Å². The highest BCUT2D eigenvalue weighted by molar-refractivity contribution is 9.10. The molecule has 0 aliphatic heterocycles. The molecule has 0 bridgehead atoms. The van der Waals surface area contributed by atoms with Crippen LogP contribution < -0.4 is 5.73 Å². The first-order chi connectivity index (χ1) is 7.16. The first kappa shape index (κ1) is 10.3. The van der Waals surface area contributed by atoms with Gasteiger partial charge in [-0.15, -0.1) is 0 Å². The molecule has 0 radical (unpaired) electrons. The van der Waals surface area contributed by atoms with Crippen LogP contribution in [0.15, 0.2) is 35.1 Å². The number of hydrogen-bond donors (Lipinski definition) is 2. The van der Waals surface area contributed by atoms with E-state index in [2.05, 4.69) is 25.9 Å². The lowest BCUT2D eigenvalue weighted by Crippen LogP contribution is -2.13. The Morgan fingerprint density at radius 3 is 2.53 bits per heavy atom. The van der Waals surface area contributed by atoms with E-state index in [1.807, 2.05) is 0 Å². The van der Waals surface area contributed by atoms with Crippen LogP contribution in [0, 0.1) is 5.82 Å². The van der Waals surface area contributed by atoms with E-state index in [0.717, 1.165) is 10.2 Å². The predicted octanol–water partition coefficient (Wildman–Crippen LogP) is 2.36. The number of imidazole rings is 1. The van der Waals surface area contributed by atoms with Gasteiger partial charge in [-0.3, -0.25) is 0 Å². The monoisotopic (exact) mass is 269 g/mol. The normalized spacial score (nSPS) is 12.7. The molecule has 0 aliphatic rings. The molecular weight excluding hydrogens is 261 g/mol. The average Bonchev–Trinajstić information content (AvgIpc) is 2.65. The number of nitrogens with one attached hydrogen (secondary N) is 1. The summed E-state index contributed by atoms with van der Waals surface area (Å²) in [7, 11) is 0. The summed E-state index contributed by atoms with van der Waals surface area (Å²) in [6.07, 6.45) is 1.64. The van der Waals surface area contributed by atoms with Gasteiger partial charge in [0.1, 0.15) is 16.2 Å². The average molecular weight is 270 g/mol. The second-order valence-electron chi connectivity index (χ2n) is 3.15. The van der Waals surface area contributed by atoms with Crippen molar-refractivity contribution in [1.29, 1.82) is 0 Å². The van der Waals surface area contributed by atoms with E-state index >= 15 is 0 Å². The molecule has 1 aromatic heterocycles. The number of nitrogens with two attached hydrogens (primary N) is 1. The van der Waals surface area contributed by atoms with Crippen LogP contribution >= 0.6 is 15.9 Å². The van der Waals surface area contributed by atoms with Gasteiger partial charge in [0.15, 0.2) is 0 Å². The Kier molecular flexibility index (Phi) is 2.83. The van der Waals surface area contributed by atoms with Crippen LogP contribution in [-0.4, -0.2) is 9.97 Å². The lowest BCUT2D eigenvalue weighted by molar-refractivity contribution is 0.626. The summed E-state index contributed by atoms with van der Waals surface area (Å²) in [6.45, 7) is 0. The Hall–Kier alpha value is -1.20. The van der Waals surface area contributed by atoms with Crippen molar-refractivity contribution < 1.29 is 4.39 Å². The third-order valence-electron chi connectivity index (χ3n) is 2.09. The van der Waals surface area contributed by atoms with E-state index in [4.69, 9.17) is 5.73 Å². The zero-order chi connectivity index (χ0) is 10.8. The van der Waals surface area contributed by atoms with Crippen LogP contribution in [0.2, 0.25) is 0 Å². The summed E-state index contributed by atoms with van der Waals surface area (Å²) in [6, 6.07) is 5.70. The number of nitrogens with zero attached hydrogens (tertiary/aromatic N) is 1. The van der Waals surface area contributed by atoms with E-state index in [9.17, 15) is 4.39 Å². The SMILES string of the molecule is NC(c1ccc(F)cc1)c1ncc(Br)[nH]1. The summed E-state index contributed by atoms with van der Waals surface area (Å²) >= 11 is 3.25. The van der Waals surface area contributed by atoms with E-state index in [0.29, 0.717) is 5.82 Å². The van der Waals surface area contributed by atoms with Gasteiger partial charge in [-0.25, -0.2) is 9.37 Å². The molecule has 0 spiro atoms. The van der Waals surface area contributed by atoms with Gasteiger partial charge in [0.25, 0.3) is 0 Å². The summed E-state index contributed by atoms with van der Waals surface area (Å²) in [5, 5.41) is 0. The van der Waals surface area contributed by atoms with Gasteiger partial charge in [-0.1, -0.05) is 12.1 Å². The van der Waals surface area contributed by atoms with Crippen molar-refractivity contribution in [3.8, 4) is 0 Å². The second kappa shape index (κ2) is 4.12. The second-order valence-corrected chi connectivity index (χ2v) is 4.00. The Labute approximate surface area is 94.7 Å². The lowest BCUT2D eigenvalue weighted by Gasteiger charge is -2.08. The molecule has 1 heterocycles. The molecule has 78 valence electrons. The molecule has 0 amide bonds. The minimum absolute atomic E-state index is 0.272. The molecule has 2 rings (SSSR count). The van der Waals surface area contributed by atoms with Gasteiger partial charge in [-0.2, -0.15) is 0 Å². The highest BCUT2D eigenvalue weighted by Crippen LogP contribution is 2.18. The van der Waals surface area contributed by atoms with E-state index < -0.39 is 0 Å². The van der Waals surface area contributed by atoms with Crippen LogP contribution in [0.5, 0.6) is 0 Å². The van der Waals surface area contributed by atoms with Gasteiger partial charge < -0.3 is 10.7 Å². The molecule has 0 saturated carbocycles. The Bertz CT molecular complexity index is 452. The fraction of sp³-hybridized carbons (Fsp3) is 0.100. The molecule has 2 aromatic rings. The van der Waals surface area contributed by atoms with Crippen molar-refractivity contribution in [2.75, 3.05) is 0 Å². The summed E-state index contributed by atoms with van der Waals surface area (Å²) in [5.74, 6) is 0.375. The van der Waals surface area contributed by atoms with Crippen molar-refractivity contribution >= 4 is 15.9 Å². The number of halogens is 2. The summed E-state index contributed by atoms with van der Waals surface area (Å²) in [5.41, 5.74) is 6.76. The molecule has 0 fully saturated rings. The number of aromatic amines is 1. The fourth-order valence-corrected chi connectivity index (χ4v) is 1.60. The lowest BCUT2D eigenvalue weighted by atomic mass is 10.1. The number of aromatic nitrogens is 2. The van der Waals surface area contributed by atoms with Crippen LogP contribution in [-0.2, 0) is 0 Å². The Morgan fingerprint density at radius 2 is 2.00 bits per heavy atom. The van der Waals surface area contributed by atoms with Gasteiger partial charge in [-0.05, 0) is 33.6 Å². The highest BCUT2D eigenvalue weighted by atomic mass is 79.9. The molecule has 0 saturated heterocycles. The van der Waals surface area contributed by atoms with Crippen LogP contribution in [0.3, 0.4) is 0 Å². The summed E-state index contributed by atoms with van der Waals surface area (Å²) < 4.78 is 13.5. The predicted molar refractivity (Wildman–Crippen MR) is 58.7 cm³/mol. The van der Waals surface area contributed by atoms with Gasteiger partial charge in [0.05, 0.1) is 12.2 Å². The largest absolute Gasteiger partial charge is 0.335 e. The minimum Gasteiger partial charge on any atom is -0.335 e. The van der Waals surface area contributed by atoms with Crippen molar-refractivity contribution in [3.63, 3.8) is 0 Å². The molecule has 1 atom stereocenters. The quantitative estimate of drug-likeness (QED) is 0.880. The third-order valence-corrected chi connectivity index (χ3v) is 2.49. The van der Waals surface area contributed by atoms with E-state index in [1.165, 1.54) is 12.1 Å². The first-order valence-electron chi connectivity index (χ1n) is 4.38. The first-order valence-corrected chi connectivity index (χ1v) is 5.17. The fourth-order valence-electron chi connectivity index (χ4n) is 1.30. The number of H-pyrrole nitrogens is 1. The maximum Gasteiger partial charge on any atom is 0.128 e. The van der Waals surface area contributed by atoms with E-state index in [-0.39, 0.29) is 11.9 Å². The number of hydrogen-bond acceptors (Lipinski definition) is 2. The molecule has 1 unspecified atom stereocenters. The zero-order valence-electron chi connectivity index (χ0n) is 7.74. The van der Waals surface area contributed by atoms with Crippen molar-refractivity contribution in [2.24, 2.45) is 5.73 Å². The topological polar surface area (TPSA) is 54.7 Å². The van der Waals surface area contributed by atoms with Gasteiger partial charge in [0.2, 0.25) is 0 Å². The zero-order valence-corrected chi connectivity index (χ0v) is 9.33. The van der Waals surface area contributed by atoms with Crippen LogP contribution in [0.1, 0.15) is 17.4 Å². The molecule has 15 heavy (non-hydrogen) atoms. The Balaban J connectivity index is 2.28. The summed E-state index contributed by atoms with van der Waals surface area (Å²) in [4.78, 5) is 7.07. The molecule has 3 N–H and O–H groups in total. The third kappa shape index (κ3) is 2.24. The van der Waals surface area contributed by atoms with Crippen molar-refractivity contribution in [3.05, 3.63) is 52.3 Å². The van der Waals surface area contributed by atoms with Gasteiger partial charge >= 0.3 is 0 Å². The molecule has 3 nitrogen and oxygen atoms in total. The highest BCUT2D eigenvalue weighted by Gasteiger charge is 2.11. The maximum absolute atomic E-state index is 12.7. The van der Waals surface area contributed by atoms with Crippen molar-refractivity contribution in [1.82, 2.24) is 9.97 Å². The molecule has 1 aromatic carbocycles. The minimum atomic E-state index is -0.364. The van der Waals surface area contributed by atoms with Crippen LogP contribution in [0.25, 0.3) is 0 Å². The Morgan fingerprint density at radius 1 is 1.33 bits per heavy atom. The van der Waals surface area contributed by atoms with Crippen molar-refractivity contribution in [2.45, 2.75) is 6.04 Å². The van der Waals surface area contributed by atoms with Crippen LogP contribution in [0.4, 0.5) is 4.39 Å². The maximum atomic E-state index is 12.7. The molecular formula is C10H9BrFN3. The van der Waals surface area contributed by atoms with Gasteiger partial charge in [0, 0.05) is 0 Å². The standard InChI is InChI=1S/C10H9BrFN3/c11-8-5-14-10(15-8)9(13)6-1-3-7(12)4-2-6/h1-5,9H,13H2,(H,14,15). The number of rotatable bonds is 2. The molecule has 5 heteroatoms.